The zero-order valence-corrected chi connectivity index (χ0v) is 22.2. The number of carbonyl (C=O) groups is 1. The molecule has 0 saturated heterocycles. The molecule has 1 amide bonds. The van der Waals surface area contributed by atoms with E-state index >= 15 is 0 Å². The molecule has 0 spiro atoms. The lowest BCUT2D eigenvalue weighted by molar-refractivity contribution is -0.124. The Morgan fingerprint density at radius 1 is 0.868 bits per heavy atom. The second kappa shape index (κ2) is 11.0. The van der Waals surface area contributed by atoms with E-state index in [2.05, 4.69) is 34.6 Å². The van der Waals surface area contributed by atoms with Crippen molar-refractivity contribution in [3.05, 3.63) is 131 Å². The molecule has 0 fully saturated rings. The standard InChI is InChI=1S/C32H29N3O2S/c1-32(2,29(25-6-4-3-5-7-25)26-12-14-28(36)15-13-26)30(37)35-31-34-27(21-38-31)20-22-8-10-23(11-9-22)24-16-18-33-19-17-24/h3-19,21,29,36H,20H2,1-2H3,(H,34,35,37)/t29-/m0/s1. The smallest absolute Gasteiger partial charge is 0.232 e. The maximum absolute atomic E-state index is 13.6. The van der Waals surface area contributed by atoms with Gasteiger partial charge in [-0.15, -0.1) is 11.3 Å². The van der Waals surface area contributed by atoms with Gasteiger partial charge >= 0.3 is 0 Å². The summed E-state index contributed by atoms with van der Waals surface area (Å²) in [7, 11) is 0. The Hall–Kier alpha value is -4.29. The fourth-order valence-corrected chi connectivity index (χ4v) is 5.45. The van der Waals surface area contributed by atoms with E-state index in [0.717, 1.165) is 33.5 Å². The average molecular weight is 520 g/mol. The first-order valence-corrected chi connectivity index (χ1v) is 13.4. The summed E-state index contributed by atoms with van der Waals surface area (Å²) in [4.78, 5) is 22.4. The van der Waals surface area contributed by atoms with Crippen LogP contribution in [0.4, 0.5) is 5.13 Å². The van der Waals surface area contributed by atoms with Gasteiger partial charge in [-0.1, -0.05) is 80.6 Å². The van der Waals surface area contributed by atoms with Gasteiger partial charge in [0, 0.05) is 30.1 Å². The van der Waals surface area contributed by atoms with Crippen LogP contribution in [-0.2, 0) is 11.2 Å². The maximum atomic E-state index is 13.6. The van der Waals surface area contributed by atoms with E-state index in [4.69, 9.17) is 4.98 Å². The predicted molar refractivity (Wildman–Crippen MR) is 153 cm³/mol. The summed E-state index contributed by atoms with van der Waals surface area (Å²) < 4.78 is 0. The highest BCUT2D eigenvalue weighted by molar-refractivity contribution is 7.13. The Bertz CT molecular complexity index is 1500. The van der Waals surface area contributed by atoms with Crippen LogP contribution in [0.1, 0.15) is 42.1 Å². The molecule has 1 atom stereocenters. The van der Waals surface area contributed by atoms with E-state index in [0.29, 0.717) is 11.6 Å². The fourth-order valence-electron chi connectivity index (χ4n) is 4.74. The molecule has 2 N–H and O–H groups in total. The molecule has 0 bridgehead atoms. The number of aromatic hydroxyl groups is 1. The highest BCUT2D eigenvalue weighted by Gasteiger charge is 2.39. The lowest BCUT2D eigenvalue weighted by atomic mass is 9.70. The predicted octanol–water partition coefficient (Wildman–Crippen LogP) is 7.30. The summed E-state index contributed by atoms with van der Waals surface area (Å²) in [6.07, 6.45) is 4.28. The van der Waals surface area contributed by atoms with Gasteiger partial charge < -0.3 is 10.4 Å². The summed E-state index contributed by atoms with van der Waals surface area (Å²) in [6.45, 7) is 3.90. The van der Waals surface area contributed by atoms with Gasteiger partial charge in [0.05, 0.1) is 11.1 Å². The largest absolute Gasteiger partial charge is 0.508 e. The lowest BCUT2D eigenvalue weighted by Gasteiger charge is -2.33. The first-order valence-electron chi connectivity index (χ1n) is 12.5. The molecular weight excluding hydrogens is 490 g/mol. The molecule has 0 saturated carbocycles. The number of carbonyl (C=O) groups excluding carboxylic acids is 1. The van der Waals surface area contributed by atoms with Crippen molar-refractivity contribution < 1.29 is 9.90 Å². The number of phenols is 1. The number of nitrogens with zero attached hydrogens (tertiary/aromatic N) is 2. The number of nitrogens with one attached hydrogen (secondary N) is 1. The van der Waals surface area contributed by atoms with Gasteiger partial charge in [-0.3, -0.25) is 9.78 Å². The molecule has 0 aliphatic heterocycles. The van der Waals surface area contributed by atoms with Crippen molar-refractivity contribution in [2.45, 2.75) is 26.2 Å². The minimum atomic E-state index is -0.785. The molecule has 2 heterocycles. The van der Waals surface area contributed by atoms with Gasteiger partial charge in [-0.05, 0) is 52.1 Å². The van der Waals surface area contributed by atoms with Crippen molar-refractivity contribution in [2.24, 2.45) is 5.41 Å². The van der Waals surface area contributed by atoms with Crippen LogP contribution in [0.15, 0.2) is 109 Å². The van der Waals surface area contributed by atoms with Crippen LogP contribution in [0.25, 0.3) is 11.1 Å². The minimum Gasteiger partial charge on any atom is -0.508 e. The molecule has 190 valence electrons. The summed E-state index contributed by atoms with van der Waals surface area (Å²) in [5.74, 6) is -0.116. The molecule has 2 aromatic heterocycles. The molecule has 5 nitrogen and oxygen atoms in total. The zero-order valence-electron chi connectivity index (χ0n) is 21.3. The quantitative estimate of drug-likeness (QED) is 0.226. The van der Waals surface area contributed by atoms with Crippen molar-refractivity contribution in [1.82, 2.24) is 9.97 Å². The second-order valence-electron chi connectivity index (χ2n) is 9.86. The van der Waals surface area contributed by atoms with E-state index in [1.807, 2.05) is 73.8 Å². The Labute approximate surface area is 226 Å². The summed E-state index contributed by atoms with van der Waals surface area (Å²) in [6, 6.07) is 29.5. The number of benzene rings is 3. The van der Waals surface area contributed by atoms with E-state index in [9.17, 15) is 9.90 Å². The number of phenolic OH excluding ortho intramolecular Hbond substituents is 1. The third-order valence-corrected chi connectivity index (χ3v) is 7.60. The van der Waals surface area contributed by atoms with Crippen molar-refractivity contribution >= 4 is 22.4 Å². The number of amides is 1. The first-order chi connectivity index (χ1) is 18.4. The molecule has 38 heavy (non-hydrogen) atoms. The number of thiazole rings is 1. The molecule has 5 aromatic rings. The number of pyridine rings is 1. The summed E-state index contributed by atoms with van der Waals surface area (Å²) in [5, 5.41) is 15.4. The lowest BCUT2D eigenvalue weighted by Crippen LogP contribution is -2.37. The van der Waals surface area contributed by atoms with Crippen LogP contribution in [0.3, 0.4) is 0 Å². The third-order valence-electron chi connectivity index (χ3n) is 6.79. The van der Waals surface area contributed by atoms with Gasteiger partial charge in [-0.25, -0.2) is 4.98 Å². The summed E-state index contributed by atoms with van der Waals surface area (Å²) >= 11 is 1.44. The van der Waals surface area contributed by atoms with Gasteiger partial charge in [-0.2, -0.15) is 0 Å². The van der Waals surface area contributed by atoms with Gasteiger partial charge in [0.1, 0.15) is 5.75 Å². The number of rotatable bonds is 8. The minimum absolute atomic E-state index is 0.109. The Morgan fingerprint density at radius 2 is 1.50 bits per heavy atom. The van der Waals surface area contributed by atoms with E-state index in [1.165, 1.54) is 11.3 Å². The topological polar surface area (TPSA) is 75.1 Å². The fraction of sp³-hybridized carbons (Fsp3) is 0.156. The molecular formula is C32H29N3O2S. The average Bonchev–Trinajstić information content (AvgIpc) is 3.38. The van der Waals surface area contributed by atoms with Crippen LogP contribution in [-0.4, -0.2) is 21.0 Å². The van der Waals surface area contributed by atoms with Gasteiger partial charge in [0.25, 0.3) is 0 Å². The highest BCUT2D eigenvalue weighted by atomic mass is 32.1. The molecule has 0 aliphatic carbocycles. The molecule has 3 aromatic carbocycles. The van der Waals surface area contributed by atoms with Gasteiger partial charge in [0.2, 0.25) is 5.91 Å². The number of anilines is 1. The maximum Gasteiger partial charge on any atom is 0.232 e. The van der Waals surface area contributed by atoms with Crippen molar-refractivity contribution in [3.8, 4) is 16.9 Å². The van der Waals surface area contributed by atoms with Crippen LogP contribution < -0.4 is 5.32 Å². The number of hydrogen-bond acceptors (Lipinski definition) is 5. The molecule has 5 rings (SSSR count). The van der Waals surface area contributed by atoms with Gasteiger partial charge in [0.15, 0.2) is 5.13 Å². The van der Waals surface area contributed by atoms with Crippen LogP contribution in [0, 0.1) is 5.41 Å². The van der Waals surface area contributed by atoms with Crippen LogP contribution in [0.2, 0.25) is 0 Å². The van der Waals surface area contributed by atoms with Crippen molar-refractivity contribution in [2.75, 3.05) is 5.32 Å². The second-order valence-corrected chi connectivity index (χ2v) is 10.7. The van der Waals surface area contributed by atoms with E-state index in [-0.39, 0.29) is 17.6 Å². The van der Waals surface area contributed by atoms with E-state index < -0.39 is 5.41 Å². The monoisotopic (exact) mass is 519 g/mol. The first kappa shape index (κ1) is 25.4. The SMILES string of the molecule is CC(C)(C(=O)Nc1nc(Cc2ccc(-c3ccncc3)cc2)cs1)[C@@H](c1ccccc1)c1ccc(O)cc1. The highest BCUT2D eigenvalue weighted by Crippen LogP contribution is 2.42. The van der Waals surface area contributed by atoms with Crippen LogP contribution in [0.5, 0.6) is 5.75 Å². The number of aromatic nitrogens is 2. The Balaban J connectivity index is 1.31. The Kier molecular flexibility index (Phi) is 7.33. The number of hydrogen-bond donors (Lipinski definition) is 2. The normalized spacial score (nSPS) is 12.2. The molecule has 0 radical (unpaired) electrons. The molecule has 6 heteroatoms. The summed E-state index contributed by atoms with van der Waals surface area (Å²) in [5.41, 5.74) is 5.56. The van der Waals surface area contributed by atoms with Crippen molar-refractivity contribution in [1.29, 1.82) is 0 Å². The third kappa shape index (κ3) is 5.66. The molecule has 0 unspecified atom stereocenters. The van der Waals surface area contributed by atoms with E-state index in [1.54, 1.807) is 24.5 Å². The van der Waals surface area contributed by atoms with Crippen molar-refractivity contribution in [3.63, 3.8) is 0 Å². The van der Waals surface area contributed by atoms with Crippen LogP contribution >= 0.6 is 11.3 Å². The molecule has 0 aliphatic rings. The zero-order chi connectivity index (χ0) is 26.5. The Morgan fingerprint density at radius 3 is 2.18 bits per heavy atom.